The number of carbonyl (C=O) groups is 2. The van der Waals surface area contributed by atoms with E-state index in [-0.39, 0.29) is 30.0 Å². The quantitative estimate of drug-likeness (QED) is 0.842. The number of rotatable bonds is 3. The molecule has 0 radical (unpaired) electrons. The van der Waals surface area contributed by atoms with E-state index in [4.69, 9.17) is 0 Å². The second-order valence-corrected chi connectivity index (χ2v) is 6.52. The van der Waals surface area contributed by atoms with Gasteiger partial charge in [0.1, 0.15) is 11.8 Å². The van der Waals surface area contributed by atoms with Crippen LogP contribution in [-0.4, -0.2) is 34.9 Å². The van der Waals surface area contributed by atoms with Crippen molar-refractivity contribution in [2.75, 3.05) is 13.1 Å². The number of aromatic hydroxyl groups is 1. The van der Waals surface area contributed by atoms with Crippen LogP contribution in [0.2, 0.25) is 0 Å². The lowest BCUT2D eigenvalue weighted by atomic mass is 9.99. The van der Waals surface area contributed by atoms with Crippen molar-refractivity contribution < 1.29 is 27.9 Å². The van der Waals surface area contributed by atoms with Gasteiger partial charge in [-0.3, -0.25) is 9.59 Å². The van der Waals surface area contributed by atoms with Gasteiger partial charge in [0.15, 0.2) is 0 Å². The number of amides is 2. The fraction of sp³-hybridized carbons (Fsp3) is 0.300. The lowest BCUT2D eigenvalue weighted by Gasteiger charge is -2.35. The van der Waals surface area contributed by atoms with Crippen molar-refractivity contribution in [2.24, 2.45) is 0 Å². The van der Waals surface area contributed by atoms with Crippen LogP contribution in [0.5, 0.6) is 5.75 Å². The Labute approximate surface area is 159 Å². The molecule has 2 aromatic carbocycles. The van der Waals surface area contributed by atoms with Gasteiger partial charge in [-0.1, -0.05) is 25.1 Å². The van der Waals surface area contributed by atoms with Gasteiger partial charge in [-0.15, -0.1) is 0 Å². The first kappa shape index (κ1) is 19.7. The molecule has 2 N–H and O–H groups in total. The van der Waals surface area contributed by atoms with Crippen LogP contribution in [0.1, 0.15) is 40.0 Å². The third-order valence-corrected chi connectivity index (χ3v) is 4.73. The minimum Gasteiger partial charge on any atom is -0.507 e. The van der Waals surface area contributed by atoms with Crippen LogP contribution < -0.4 is 5.32 Å². The van der Waals surface area contributed by atoms with E-state index < -0.39 is 29.6 Å². The highest BCUT2D eigenvalue weighted by Gasteiger charge is 2.36. The number of hydrogen-bond acceptors (Lipinski definition) is 3. The molecule has 1 unspecified atom stereocenters. The minimum absolute atomic E-state index is 0.0452. The number of phenolic OH excluding ortho intramolecular Hbond substituents is 1. The number of piperazine rings is 1. The van der Waals surface area contributed by atoms with Gasteiger partial charge in [0.25, 0.3) is 5.91 Å². The van der Waals surface area contributed by atoms with Crippen molar-refractivity contribution in [3.8, 4) is 5.75 Å². The number of nitrogens with one attached hydrogen (secondary N) is 1. The van der Waals surface area contributed by atoms with Gasteiger partial charge < -0.3 is 15.3 Å². The molecule has 1 aliphatic heterocycles. The smallest absolute Gasteiger partial charge is 0.416 e. The van der Waals surface area contributed by atoms with Crippen LogP contribution in [0.3, 0.4) is 0 Å². The first-order valence-corrected chi connectivity index (χ1v) is 8.80. The lowest BCUT2D eigenvalue weighted by Crippen LogP contribution is -2.52. The Bertz CT molecular complexity index is 895. The third kappa shape index (κ3) is 3.81. The molecule has 1 heterocycles. The van der Waals surface area contributed by atoms with Crippen LogP contribution >= 0.6 is 0 Å². The first-order valence-electron chi connectivity index (χ1n) is 8.80. The molecule has 5 nitrogen and oxygen atoms in total. The standard InChI is InChI=1S/C20H19F3N2O3/c1-2-12-3-8-15(16(26)11-12)19(28)25-10-9-24-18(27)17(25)13-4-6-14(7-5-13)20(21,22)23/h3-8,11,17,26H,2,9-10H2,1H3,(H,24,27). The van der Waals surface area contributed by atoms with Crippen LogP contribution in [-0.2, 0) is 17.4 Å². The Balaban J connectivity index is 1.94. The molecule has 1 atom stereocenters. The summed E-state index contributed by atoms with van der Waals surface area (Å²) >= 11 is 0. The molecule has 0 saturated carbocycles. The number of benzene rings is 2. The Morgan fingerprint density at radius 1 is 1.21 bits per heavy atom. The Kier molecular flexibility index (Phi) is 5.31. The Hall–Kier alpha value is -3.03. The van der Waals surface area contributed by atoms with Crippen molar-refractivity contribution in [2.45, 2.75) is 25.6 Å². The number of aryl methyl sites for hydroxylation is 1. The number of phenols is 1. The van der Waals surface area contributed by atoms with E-state index in [1.165, 1.54) is 29.2 Å². The van der Waals surface area contributed by atoms with E-state index in [1.807, 2.05) is 6.92 Å². The van der Waals surface area contributed by atoms with Gasteiger partial charge in [0.05, 0.1) is 11.1 Å². The van der Waals surface area contributed by atoms with Crippen molar-refractivity contribution in [1.82, 2.24) is 10.2 Å². The van der Waals surface area contributed by atoms with Gasteiger partial charge in [-0.25, -0.2) is 0 Å². The third-order valence-electron chi connectivity index (χ3n) is 4.73. The predicted molar refractivity (Wildman–Crippen MR) is 95.7 cm³/mol. The molecule has 2 aromatic rings. The van der Waals surface area contributed by atoms with Crippen molar-refractivity contribution in [3.05, 3.63) is 64.7 Å². The summed E-state index contributed by atoms with van der Waals surface area (Å²) in [5.74, 6) is -1.23. The average Bonchev–Trinajstić information content (AvgIpc) is 2.66. The van der Waals surface area contributed by atoms with E-state index in [0.717, 1.165) is 17.7 Å². The highest BCUT2D eigenvalue weighted by atomic mass is 19.4. The van der Waals surface area contributed by atoms with Crippen molar-refractivity contribution >= 4 is 11.8 Å². The SMILES string of the molecule is CCc1ccc(C(=O)N2CCNC(=O)C2c2ccc(C(F)(F)F)cc2)c(O)c1. The van der Waals surface area contributed by atoms with E-state index in [9.17, 15) is 27.9 Å². The highest BCUT2D eigenvalue weighted by molar-refractivity contribution is 6.00. The zero-order chi connectivity index (χ0) is 20.5. The second kappa shape index (κ2) is 7.53. The number of alkyl halides is 3. The molecule has 0 spiro atoms. The molecule has 148 valence electrons. The summed E-state index contributed by atoms with van der Waals surface area (Å²) in [6.07, 6.45) is -3.81. The molecular weight excluding hydrogens is 373 g/mol. The maximum Gasteiger partial charge on any atom is 0.416 e. The molecular formula is C20H19F3N2O3. The maximum atomic E-state index is 13.0. The monoisotopic (exact) mass is 392 g/mol. The van der Waals surface area contributed by atoms with Crippen molar-refractivity contribution in [3.63, 3.8) is 0 Å². The normalized spacial score (nSPS) is 17.4. The Morgan fingerprint density at radius 3 is 2.46 bits per heavy atom. The van der Waals surface area contributed by atoms with Crippen molar-refractivity contribution in [1.29, 1.82) is 0 Å². The summed E-state index contributed by atoms with van der Waals surface area (Å²) < 4.78 is 38.4. The van der Waals surface area contributed by atoms with Gasteiger partial charge >= 0.3 is 6.18 Å². The zero-order valence-corrected chi connectivity index (χ0v) is 15.1. The molecule has 3 rings (SSSR count). The van der Waals surface area contributed by atoms with E-state index in [0.29, 0.717) is 6.42 Å². The summed E-state index contributed by atoms with van der Waals surface area (Å²) in [6, 6.07) is 7.77. The highest BCUT2D eigenvalue weighted by Crippen LogP contribution is 2.32. The summed E-state index contributed by atoms with van der Waals surface area (Å²) in [6.45, 7) is 2.30. The van der Waals surface area contributed by atoms with E-state index in [1.54, 1.807) is 6.07 Å². The second-order valence-electron chi connectivity index (χ2n) is 6.52. The van der Waals surface area contributed by atoms with Gasteiger partial charge in [-0.2, -0.15) is 13.2 Å². The van der Waals surface area contributed by atoms with Gasteiger partial charge in [0.2, 0.25) is 5.91 Å². The number of carbonyl (C=O) groups excluding carboxylic acids is 2. The summed E-state index contributed by atoms with van der Waals surface area (Å²) in [5.41, 5.74) is 0.329. The van der Waals surface area contributed by atoms with Crippen LogP contribution in [0.4, 0.5) is 13.2 Å². The molecule has 1 aliphatic rings. The van der Waals surface area contributed by atoms with Gasteiger partial charge in [-0.05, 0) is 41.8 Å². The average molecular weight is 392 g/mol. The number of hydrogen-bond donors (Lipinski definition) is 2. The molecule has 1 fully saturated rings. The summed E-state index contributed by atoms with van der Waals surface area (Å²) in [4.78, 5) is 26.7. The van der Waals surface area contributed by atoms with E-state index >= 15 is 0 Å². The largest absolute Gasteiger partial charge is 0.507 e. The fourth-order valence-electron chi connectivity index (χ4n) is 3.20. The van der Waals surface area contributed by atoms with Crippen LogP contribution in [0.25, 0.3) is 0 Å². The molecule has 2 amide bonds. The Morgan fingerprint density at radius 2 is 1.89 bits per heavy atom. The maximum absolute atomic E-state index is 13.0. The number of nitrogens with zero attached hydrogens (tertiary/aromatic N) is 1. The molecule has 1 saturated heterocycles. The zero-order valence-electron chi connectivity index (χ0n) is 15.1. The minimum atomic E-state index is -4.49. The summed E-state index contributed by atoms with van der Waals surface area (Å²) in [5, 5.41) is 12.8. The van der Waals surface area contributed by atoms with E-state index in [2.05, 4.69) is 5.32 Å². The van der Waals surface area contributed by atoms with Crippen LogP contribution in [0, 0.1) is 0 Å². The summed E-state index contributed by atoms with van der Waals surface area (Å²) in [7, 11) is 0. The van der Waals surface area contributed by atoms with Gasteiger partial charge in [0, 0.05) is 13.1 Å². The molecule has 8 heteroatoms. The first-order chi connectivity index (χ1) is 13.2. The molecule has 0 aromatic heterocycles. The topological polar surface area (TPSA) is 69.6 Å². The fourth-order valence-corrected chi connectivity index (χ4v) is 3.20. The molecule has 0 bridgehead atoms. The van der Waals surface area contributed by atoms with Crippen LogP contribution in [0.15, 0.2) is 42.5 Å². The number of halogens is 3. The lowest BCUT2D eigenvalue weighted by molar-refractivity contribution is -0.137. The molecule has 0 aliphatic carbocycles. The predicted octanol–water partition coefficient (Wildman–Crippen LogP) is 3.29. The molecule has 28 heavy (non-hydrogen) atoms.